The third-order valence-electron chi connectivity index (χ3n) is 8.28. The van der Waals surface area contributed by atoms with Gasteiger partial charge < -0.3 is 20.4 Å². The summed E-state index contributed by atoms with van der Waals surface area (Å²) in [6.45, 7) is 2.96. The van der Waals surface area contributed by atoms with E-state index in [1.54, 1.807) is 19.1 Å². The lowest BCUT2D eigenvalue weighted by Gasteiger charge is -2.59. The topological polar surface area (TPSA) is 115 Å². The molecule has 4 aliphatic rings. The molecule has 0 bridgehead atoms. The first-order chi connectivity index (χ1) is 12.6. The maximum Gasteiger partial charge on any atom is 0.192 e. The van der Waals surface area contributed by atoms with Crippen molar-refractivity contribution in [2.24, 2.45) is 28.6 Å². The SMILES string of the molecule is C[C@]12C=CC(=O)C=C1CCC1C2C(O)C[C@@]2(C)C1C[C@@H](O)[C@]2(O)C(=O)CO. The first kappa shape index (κ1) is 19.0. The van der Waals surface area contributed by atoms with E-state index in [9.17, 15) is 30.0 Å². The molecule has 4 aliphatic carbocycles. The van der Waals surface area contributed by atoms with Crippen molar-refractivity contribution in [3.05, 3.63) is 23.8 Å². The summed E-state index contributed by atoms with van der Waals surface area (Å²) in [5, 5.41) is 42.3. The molecule has 0 aromatic carbocycles. The molecule has 6 nitrogen and oxygen atoms in total. The molecule has 0 aromatic rings. The van der Waals surface area contributed by atoms with Crippen molar-refractivity contribution in [2.45, 2.75) is 57.3 Å². The molecule has 148 valence electrons. The first-order valence-electron chi connectivity index (χ1n) is 9.76. The van der Waals surface area contributed by atoms with E-state index in [4.69, 9.17) is 0 Å². The average Bonchev–Trinajstić information content (AvgIpc) is 2.82. The fourth-order valence-corrected chi connectivity index (χ4v) is 6.96. The Morgan fingerprint density at radius 2 is 2.00 bits per heavy atom. The van der Waals surface area contributed by atoms with Crippen molar-refractivity contribution >= 4 is 11.6 Å². The van der Waals surface area contributed by atoms with Gasteiger partial charge in [0.15, 0.2) is 17.2 Å². The van der Waals surface area contributed by atoms with Crippen molar-refractivity contribution < 1.29 is 30.0 Å². The molecule has 4 N–H and O–H groups in total. The van der Waals surface area contributed by atoms with Crippen molar-refractivity contribution in [3.8, 4) is 0 Å². The zero-order valence-corrected chi connectivity index (χ0v) is 15.8. The van der Waals surface area contributed by atoms with Crippen molar-refractivity contribution in [3.63, 3.8) is 0 Å². The van der Waals surface area contributed by atoms with E-state index < -0.39 is 41.0 Å². The Hall–Kier alpha value is -1.34. The van der Waals surface area contributed by atoms with Crippen LogP contribution >= 0.6 is 0 Å². The van der Waals surface area contributed by atoms with Crippen LogP contribution < -0.4 is 0 Å². The lowest BCUT2D eigenvalue weighted by molar-refractivity contribution is -0.190. The maximum absolute atomic E-state index is 12.4. The van der Waals surface area contributed by atoms with Gasteiger partial charge in [0.2, 0.25) is 0 Å². The number of carbonyl (C=O) groups excluding carboxylic acids is 2. The minimum absolute atomic E-state index is 0.00826. The quantitative estimate of drug-likeness (QED) is 0.559. The summed E-state index contributed by atoms with van der Waals surface area (Å²) in [6, 6.07) is 0. The van der Waals surface area contributed by atoms with Crippen LogP contribution in [0.15, 0.2) is 23.8 Å². The number of allylic oxidation sites excluding steroid dienone is 4. The number of aliphatic hydroxyl groups excluding tert-OH is 3. The Labute approximate surface area is 158 Å². The molecule has 3 fully saturated rings. The van der Waals surface area contributed by atoms with Gasteiger partial charge in [-0.05, 0) is 49.7 Å². The molecule has 0 heterocycles. The number of fused-ring (bicyclic) bond motifs is 5. The number of Topliss-reactive ketones (excluding diaryl/α,β-unsaturated/α-hetero) is 1. The zero-order chi connectivity index (χ0) is 19.8. The molecule has 4 unspecified atom stereocenters. The van der Waals surface area contributed by atoms with Gasteiger partial charge in [-0.15, -0.1) is 0 Å². The lowest BCUT2D eigenvalue weighted by atomic mass is 9.46. The van der Waals surface area contributed by atoms with Crippen LogP contribution in [0.4, 0.5) is 0 Å². The van der Waals surface area contributed by atoms with Gasteiger partial charge in [0.1, 0.15) is 6.61 Å². The van der Waals surface area contributed by atoms with E-state index in [0.717, 1.165) is 18.4 Å². The summed E-state index contributed by atoms with van der Waals surface area (Å²) >= 11 is 0. The minimum Gasteiger partial charge on any atom is -0.393 e. The molecule has 0 amide bonds. The molecule has 27 heavy (non-hydrogen) atoms. The number of hydrogen-bond acceptors (Lipinski definition) is 6. The van der Waals surface area contributed by atoms with E-state index in [1.165, 1.54) is 0 Å². The minimum atomic E-state index is -2.05. The predicted molar refractivity (Wildman–Crippen MR) is 96.4 cm³/mol. The highest BCUT2D eigenvalue weighted by atomic mass is 16.4. The molecule has 0 spiro atoms. The second-order valence-corrected chi connectivity index (χ2v) is 9.31. The molecule has 8 atom stereocenters. The molecular weight excluding hydrogens is 348 g/mol. The number of ketones is 2. The molecule has 0 radical (unpaired) electrons. The van der Waals surface area contributed by atoms with Gasteiger partial charge in [0.25, 0.3) is 0 Å². The van der Waals surface area contributed by atoms with Crippen LogP contribution in [0.3, 0.4) is 0 Å². The fourth-order valence-electron chi connectivity index (χ4n) is 6.96. The Bertz CT molecular complexity index is 756. The van der Waals surface area contributed by atoms with Crippen LogP contribution in [-0.4, -0.2) is 56.4 Å². The molecule has 0 aliphatic heterocycles. The highest BCUT2D eigenvalue weighted by Crippen LogP contribution is 2.67. The van der Waals surface area contributed by atoms with Gasteiger partial charge >= 0.3 is 0 Å². The fraction of sp³-hybridized carbons (Fsp3) is 0.714. The van der Waals surface area contributed by atoms with Crippen LogP contribution in [-0.2, 0) is 9.59 Å². The molecular formula is C21H28O6. The summed E-state index contributed by atoms with van der Waals surface area (Å²) < 4.78 is 0. The number of carbonyl (C=O) groups is 2. The van der Waals surface area contributed by atoms with Crippen LogP contribution in [0.5, 0.6) is 0 Å². The summed E-state index contributed by atoms with van der Waals surface area (Å²) in [4.78, 5) is 24.2. The smallest absolute Gasteiger partial charge is 0.192 e. The van der Waals surface area contributed by atoms with Gasteiger partial charge in [0, 0.05) is 16.7 Å². The normalized spacial score (nSPS) is 51.3. The standard InChI is InChI=1S/C21H28O6/c1-19-6-5-12(23)7-11(19)3-4-13-14-8-16(25)21(27,17(26)10-22)20(14,2)9-15(24)18(13)19/h5-7,13-16,18,22,24-25,27H,3-4,8-10H2,1-2H3/t13?,14?,15?,16-,18?,19+,20+,21+/m1/s1. The second kappa shape index (κ2) is 5.83. The molecule has 4 rings (SSSR count). The monoisotopic (exact) mass is 376 g/mol. The van der Waals surface area contributed by atoms with E-state index in [-0.39, 0.29) is 36.4 Å². The molecule has 3 saturated carbocycles. The third kappa shape index (κ3) is 2.21. The maximum atomic E-state index is 12.4. The molecule has 0 saturated heterocycles. The Kier molecular flexibility index (Phi) is 4.10. The van der Waals surface area contributed by atoms with Crippen molar-refractivity contribution in [2.75, 3.05) is 6.61 Å². The van der Waals surface area contributed by atoms with Gasteiger partial charge in [0.05, 0.1) is 12.2 Å². The summed E-state index contributed by atoms with van der Waals surface area (Å²) in [7, 11) is 0. The van der Waals surface area contributed by atoms with Crippen LogP contribution in [0.1, 0.15) is 39.5 Å². The lowest BCUT2D eigenvalue weighted by Crippen LogP contribution is -2.63. The third-order valence-corrected chi connectivity index (χ3v) is 8.28. The largest absolute Gasteiger partial charge is 0.393 e. The van der Waals surface area contributed by atoms with Crippen LogP contribution in [0.2, 0.25) is 0 Å². The van der Waals surface area contributed by atoms with Gasteiger partial charge in [-0.2, -0.15) is 0 Å². The Morgan fingerprint density at radius 3 is 2.67 bits per heavy atom. The van der Waals surface area contributed by atoms with Crippen molar-refractivity contribution in [1.29, 1.82) is 0 Å². The number of hydrogen-bond donors (Lipinski definition) is 4. The van der Waals surface area contributed by atoms with Gasteiger partial charge in [-0.25, -0.2) is 0 Å². The van der Waals surface area contributed by atoms with Gasteiger partial charge in [-0.1, -0.05) is 25.5 Å². The van der Waals surface area contributed by atoms with Crippen molar-refractivity contribution in [1.82, 2.24) is 0 Å². The van der Waals surface area contributed by atoms with Gasteiger partial charge in [-0.3, -0.25) is 9.59 Å². The highest BCUT2D eigenvalue weighted by Gasteiger charge is 2.71. The number of aliphatic hydroxyl groups is 4. The Balaban J connectivity index is 1.78. The zero-order valence-electron chi connectivity index (χ0n) is 15.8. The van der Waals surface area contributed by atoms with E-state index >= 15 is 0 Å². The van der Waals surface area contributed by atoms with E-state index in [1.807, 2.05) is 13.0 Å². The molecule has 0 aromatic heterocycles. The average molecular weight is 376 g/mol. The molecule has 6 heteroatoms. The summed E-state index contributed by atoms with van der Waals surface area (Å²) in [6.07, 6.45) is 4.97. The predicted octanol–water partition coefficient (Wildman–Crippen LogP) is 0.528. The van der Waals surface area contributed by atoms with Crippen LogP contribution in [0.25, 0.3) is 0 Å². The summed E-state index contributed by atoms with van der Waals surface area (Å²) in [5.41, 5.74) is -2.46. The van der Waals surface area contributed by atoms with E-state index in [2.05, 4.69) is 0 Å². The summed E-state index contributed by atoms with van der Waals surface area (Å²) in [5.74, 6) is -1.09. The number of rotatable bonds is 2. The second-order valence-electron chi connectivity index (χ2n) is 9.31. The van der Waals surface area contributed by atoms with E-state index in [0.29, 0.717) is 0 Å². The Morgan fingerprint density at radius 1 is 1.30 bits per heavy atom. The first-order valence-corrected chi connectivity index (χ1v) is 9.76. The van der Waals surface area contributed by atoms with Crippen LogP contribution in [0, 0.1) is 28.6 Å². The highest BCUT2D eigenvalue weighted by molar-refractivity contribution is 6.01.